The molecule has 128 valence electrons. The van der Waals surface area contributed by atoms with Crippen LogP contribution in [-0.4, -0.2) is 38.8 Å². The second-order valence-corrected chi connectivity index (χ2v) is 3.79. The van der Waals surface area contributed by atoms with Crippen molar-refractivity contribution in [3.8, 4) is 0 Å². The molecule has 0 saturated carbocycles. The number of isocyanates is 2. The fraction of sp³-hybridized carbons (Fsp3) is 0.400. The van der Waals surface area contributed by atoms with Crippen molar-refractivity contribution in [3.63, 3.8) is 0 Å². The number of hydrogen-bond acceptors (Lipinski definition) is 9. The standard InChI is InChI=1S/C10H9FN6O7/c11-1-24-7(20)14-4-17-9(22)15(2-12-5-18)8(21)16(10(17)23)3-13-6-19/h1-4H2,(H,14,20). The number of alkyl halides is 1. The van der Waals surface area contributed by atoms with Crippen molar-refractivity contribution in [2.75, 3.05) is 6.86 Å². The number of nitrogens with zero attached hydrogens (tertiary/aromatic N) is 5. The van der Waals surface area contributed by atoms with E-state index in [0.29, 0.717) is 13.7 Å². The van der Waals surface area contributed by atoms with E-state index >= 15 is 0 Å². The average molecular weight is 344 g/mol. The zero-order chi connectivity index (χ0) is 18.1. The van der Waals surface area contributed by atoms with Gasteiger partial charge in [0.1, 0.15) is 20.0 Å². The van der Waals surface area contributed by atoms with Gasteiger partial charge in [-0.1, -0.05) is 0 Å². The first-order valence-corrected chi connectivity index (χ1v) is 5.96. The van der Waals surface area contributed by atoms with Crippen LogP contribution in [0.4, 0.5) is 9.18 Å². The number of nitrogens with one attached hydrogen (secondary N) is 1. The second kappa shape index (κ2) is 8.73. The molecule has 0 fully saturated rings. The second-order valence-electron chi connectivity index (χ2n) is 3.79. The van der Waals surface area contributed by atoms with E-state index in [9.17, 15) is 33.2 Å². The lowest BCUT2D eigenvalue weighted by atomic mass is 10.7. The average Bonchev–Trinajstić information content (AvgIpc) is 2.55. The summed E-state index contributed by atoms with van der Waals surface area (Å²) in [5, 5.41) is 1.88. The maximum atomic E-state index is 12.1. The van der Waals surface area contributed by atoms with E-state index in [-0.39, 0.29) is 0 Å². The Labute approximate surface area is 130 Å². The predicted octanol–water partition coefficient (Wildman–Crippen LogP) is -2.63. The van der Waals surface area contributed by atoms with Gasteiger partial charge in [-0.15, -0.1) is 0 Å². The number of alkyl carbamates (subject to hydrolysis) is 1. The molecular formula is C10H9FN6O7. The zero-order valence-electron chi connectivity index (χ0n) is 11.8. The molecule has 1 aromatic heterocycles. The summed E-state index contributed by atoms with van der Waals surface area (Å²) in [7, 11) is 0. The lowest BCUT2D eigenvalue weighted by Gasteiger charge is -2.11. The van der Waals surface area contributed by atoms with Crippen LogP contribution < -0.4 is 22.4 Å². The highest BCUT2D eigenvalue weighted by Gasteiger charge is 2.15. The van der Waals surface area contributed by atoms with Gasteiger partial charge in [-0.25, -0.2) is 46.9 Å². The monoisotopic (exact) mass is 344 g/mol. The molecule has 14 heteroatoms. The van der Waals surface area contributed by atoms with Crippen molar-refractivity contribution in [2.24, 2.45) is 9.98 Å². The number of ether oxygens (including phenoxy) is 1. The van der Waals surface area contributed by atoms with Crippen LogP contribution >= 0.6 is 0 Å². The molecule has 0 aliphatic rings. The minimum absolute atomic E-state index is 0.349. The van der Waals surface area contributed by atoms with Gasteiger partial charge in [0.2, 0.25) is 19.0 Å². The zero-order valence-corrected chi connectivity index (χ0v) is 11.8. The van der Waals surface area contributed by atoms with E-state index in [1.54, 1.807) is 0 Å². The predicted molar refractivity (Wildman–Crippen MR) is 71.1 cm³/mol. The topological polar surface area (TPSA) is 163 Å². The first-order valence-electron chi connectivity index (χ1n) is 5.96. The molecule has 0 unspecified atom stereocenters. The minimum Gasteiger partial charge on any atom is -0.418 e. The smallest absolute Gasteiger partial charge is 0.410 e. The van der Waals surface area contributed by atoms with Gasteiger partial charge < -0.3 is 10.1 Å². The van der Waals surface area contributed by atoms with Crippen LogP contribution in [0.3, 0.4) is 0 Å². The van der Waals surface area contributed by atoms with Gasteiger partial charge in [0, 0.05) is 0 Å². The number of amides is 1. The number of rotatable bonds is 7. The summed E-state index contributed by atoms with van der Waals surface area (Å²) in [6.07, 6.45) is 0.921. The highest BCUT2D eigenvalue weighted by molar-refractivity contribution is 5.66. The first kappa shape index (κ1) is 18.4. The highest BCUT2D eigenvalue weighted by Crippen LogP contribution is 1.81. The van der Waals surface area contributed by atoms with Crippen LogP contribution in [0.15, 0.2) is 24.4 Å². The van der Waals surface area contributed by atoms with Crippen molar-refractivity contribution in [1.29, 1.82) is 0 Å². The quantitative estimate of drug-likeness (QED) is 0.417. The molecule has 0 aliphatic carbocycles. The molecule has 1 aromatic rings. The van der Waals surface area contributed by atoms with Crippen molar-refractivity contribution in [2.45, 2.75) is 20.0 Å². The van der Waals surface area contributed by atoms with Crippen molar-refractivity contribution in [1.82, 2.24) is 19.0 Å². The minimum atomic E-state index is -1.44. The summed E-state index contributed by atoms with van der Waals surface area (Å²) >= 11 is 0. The molecule has 0 aromatic carbocycles. The largest absolute Gasteiger partial charge is 0.418 e. The molecule has 0 radical (unpaired) electrons. The van der Waals surface area contributed by atoms with Crippen LogP contribution in [0.25, 0.3) is 0 Å². The van der Waals surface area contributed by atoms with Gasteiger partial charge in [0.15, 0.2) is 0 Å². The number of carbonyl (C=O) groups excluding carboxylic acids is 3. The maximum Gasteiger partial charge on any atom is 0.410 e. The highest BCUT2D eigenvalue weighted by atomic mass is 19.1. The number of aromatic nitrogens is 3. The fourth-order valence-electron chi connectivity index (χ4n) is 1.50. The SMILES string of the molecule is O=C=NCn1c(=O)n(CN=C=O)c(=O)n(CNC(=O)OCF)c1=O. The van der Waals surface area contributed by atoms with E-state index in [2.05, 4.69) is 14.7 Å². The molecule has 0 atom stereocenters. The van der Waals surface area contributed by atoms with Crippen LogP contribution in [0.2, 0.25) is 0 Å². The van der Waals surface area contributed by atoms with Crippen LogP contribution in [-0.2, 0) is 34.3 Å². The van der Waals surface area contributed by atoms with Gasteiger partial charge in [-0.3, -0.25) is 0 Å². The van der Waals surface area contributed by atoms with Crippen molar-refractivity contribution < 1.29 is 23.5 Å². The summed E-state index contributed by atoms with van der Waals surface area (Å²) in [5.74, 6) is 0. The molecule has 0 bridgehead atoms. The van der Waals surface area contributed by atoms with E-state index in [1.807, 2.05) is 5.32 Å². The van der Waals surface area contributed by atoms with E-state index in [4.69, 9.17) is 0 Å². The molecule has 1 N–H and O–H groups in total. The molecule has 0 aliphatic heterocycles. The first-order chi connectivity index (χ1) is 11.5. The Hall–Kier alpha value is -3.63. The van der Waals surface area contributed by atoms with Gasteiger partial charge in [0.25, 0.3) is 0 Å². The lowest BCUT2D eigenvalue weighted by Crippen LogP contribution is -2.55. The van der Waals surface area contributed by atoms with Crippen LogP contribution in [0.1, 0.15) is 0 Å². The molecule has 0 saturated heterocycles. The Morgan fingerprint density at radius 2 is 1.46 bits per heavy atom. The van der Waals surface area contributed by atoms with Crippen molar-refractivity contribution >= 4 is 18.3 Å². The van der Waals surface area contributed by atoms with E-state index in [0.717, 1.165) is 12.2 Å². The van der Waals surface area contributed by atoms with Gasteiger partial charge in [0.05, 0.1) is 0 Å². The fourth-order valence-corrected chi connectivity index (χ4v) is 1.50. The van der Waals surface area contributed by atoms with Gasteiger partial charge >= 0.3 is 23.2 Å². The summed E-state index contributed by atoms with van der Waals surface area (Å²) in [4.78, 5) is 73.5. The third kappa shape index (κ3) is 4.19. The normalized spacial score (nSPS) is 9.54. The summed E-state index contributed by atoms with van der Waals surface area (Å²) in [6, 6.07) is 0. The molecular weight excluding hydrogens is 335 g/mol. The molecule has 0 spiro atoms. The van der Waals surface area contributed by atoms with Gasteiger partial charge in [-0.2, -0.15) is 9.98 Å². The number of aliphatic imine (C=N–C) groups is 2. The number of hydrogen-bond donors (Lipinski definition) is 1. The molecule has 24 heavy (non-hydrogen) atoms. The summed E-state index contributed by atoms with van der Waals surface area (Å²) < 4.78 is 16.8. The molecule has 1 rings (SSSR count). The maximum absolute atomic E-state index is 12.1. The van der Waals surface area contributed by atoms with E-state index in [1.165, 1.54) is 0 Å². The Morgan fingerprint density at radius 1 is 1.00 bits per heavy atom. The van der Waals surface area contributed by atoms with Crippen LogP contribution in [0, 0.1) is 0 Å². The van der Waals surface area contributed by atoms with E-state index < -0.39 is 50.0 Å². The lowest BCUT2D eigenvalue weighted by molar-refractivity contribution is 0.0959. The van der Waals surface area contributed by atoms with Crippen LogP contribution in [0.5, 0.6) is 0 Å². The molecule has 13 nitrogen and oxygen atoms in total. The number of carbonyl (C=O) groups is 1. The Morgan fingerprint density at radius 3 is 1.88 bits per heavy atom. The third-order valence-electron chi connectivity index (χ3n) is 2.51. The number of halogens is 1. The Bertz CT molecular complexity index is 828. The Kier molecular flexibility index (Phi) is 6.70. The molecule has 1 amide bonds. The third-order valence-corrected chi connectivity index (χ3v) is 2.51. The van der Waals surface area contributed by atoms with Crippen molar-refractivity contribution in [3.05, 3.63) is 31.5 Å². The molecule has 1 heterocycles. The summed E-state index contributed by atoms with van der Waals surface area (Å²) in [5.41, 5.74) is -3.66. The van der Waals surface area contributed by atoms with Gasteiger partial charge in [-0.05, 0) is 0 Å². The Balaban J connectivity index is 3.44. The summed E-state index contributed by atoms with van der Waals surface area (Å²) in [6.45, 7) is -3.75.